The molecule has 0 radical (unpaired) electrons. The molecule has 0 unspecified atom stereocenters. The molecule has 1 amide bonds. The number of benzene rings is 3. The van der Waals surface area contributed by atoms with Crippen LogP contribution in [0.1, 0.15) is 10.4 Å². The summed E-state index contributed by atoms with van der Waals surface area (Å²) >= 11 is 0. The minimum atomic E-state index is -0.236. The SMILES string of the molecule is COc1ccc(NC(=O)c2ccc3c(c2)ncn3-c2ccccc2)c(OC)c1. The summed E-state index contributed by atoms with van der Waals surface area (Å²) in [5.41, 5.74) is 3.79. The van der Waals surface area contributed by atoms with E-state index in [2.05, 4.69) is 10.3 Å². The van der Waals surface area contributed by atoms with Crippen molar-refractivity contribution in [3.63, 3.8) is 0 Å². The minimum Gasteiger partial charge on any atom is -0.497 e. The van der Waals surface area contributed by atoms with E-state index >= 15 is 0 Å². The van der Waals surface area contributed by atoms with Crippen molar-refractivity contribution < 1.29 is 14.3 Å². The van der Waals surface area contributed by atoms with Crippen LogP contribution in [0.5, 0.6) is 11.5 Å². The third-order valence-corrected chi connectivity index (χ3v) is 4.50. The van der Waals surface area contributed by atoms with Crippen LogP contribution in [-0.4, -0.2) is 29.7 Å². The molecule has 0 fully saturated rings. The first kappa shape index (κ1) is 17.6. The lowest BCUT2D eigenvalue weighted by molar-refractivity contribution is 0.102. The molecule has 1 heterocycles. The number of anilines is 1. The van der Waals surface area contributed by atoms with Crippen LogP contribution in [0.25, 0.3) is 16.7 Å². The van der Waals surface area contributed by atoms with Gasteiger partial charge in [-0.3, -0.25) is 9.36 Å². The Hall–Kier alpha value is -3.80. The number of carbonyl (C=O) groups excluding carboxylic acids is 1. The molecule has 1 aromatic heterocycles. The number of hydrogen-bond donors (Lipinski definition) is 1. The van der Waals surface area contributed by atoms with E-state index in [1.807, 2.05) is 41.0 Å². The van der Waals surface area contributed by atoms with Crippen molar-refractivity contribution in [2.24, 2.45) is 0 Å². The molecule has 0 bridgehead atoms. The molecular formula is C22H19N3O3. The highest BCUT2D eigenvalue weighted by Gasteiger charge is 2.13. The fourth-order valence-corrected chi connectivity index (χ4v) is 3.04. The van der Waals surface area contributed by atoms with E-state index in [9.17, 15) is 4.79 Å². The maximum Gasteiger partial charge on any atom is 0.255 e. The maximum absolute atomic E-state index is 12.7. The van der Waals surface area contributed by atoms with Crippen molar-refractivity contribution in [3.8, 4) is 17.2 Å². The summed E-state index contributed by atoms with van der Waals surface area (Å²) in [6.45, 7) is 0. The molecule has 0 saturated heterocycles. The van der Waals surface area contributed by atoms with Crippen LogP contribution in [0.3, 0.4) is 0 Å². The molecule has 0 spiro atoms. The summed E-state index contributed by atoms with van der Waals surface area (Å²) in [6, 6.07) is 20.6. The molecule has 6 nitrogen and oxygen atoms in total. The van der Waals surface area contributed by atoms with Crippen LogP contribution in [0.2, 0.25) is 0 Å². The Balaban J connectivity index is 1.62. The van der Waals surface area contributed by atoms with Gasteiger partial charge >= 0.3 is 0 Å². The lowest BCUT2D eigenvalue weighted by Gasteiger charge is -2.11. The summed E-state index contributed by atoms with van der Waals surface area (Å²) in [5, 5.41) is 2.88. The molecule has 140 valence electrons. The molecule has 0 aliphatic heterocycles. The van der Waals surface area contributed by atoms with Gasteiger partial charge in [0.05, 0.1) is 30.9 Å². The Labute approximate surface area is 162 Å². The van der Waals surface area contributed by atoms with Crippen molar-refractivity contribution in [1.82, 2.24) is 9.55 Å². The van der Waals surface area contributed by atoms with Gasteiger partial charge in [0.1, 0.15) is 17.8 Å². The smallest absolute Gasteiger partial charge is 0.255 e. The molecule has 4 aromatic rings. The number of nitrogens with zero attached hydrogens (tertiary/aromatic N) is 2. The Morgan fingerprint density at radius 3 is 2.54 bits per heavy atom. The van der Waals surface area contributed by atoms with E-state index < -0.39 is 0 Å². The first-order valence-electron chi connectivity index (χ1n) is 8.75. The number of imidazole rings is 1. The quantitative estimate of drug-likeness (QED) is 0.567. The summed E-state index contributed by atoms with van der Waals surface area (Å²) in [7, 11) is 3.13. The van der Waals surface area contributed by atoms with E-state index in [1.54, 1.807) is 50.9 Å². The number of methoxy groups -OCH3 is 2. The largest absolute Gasteiger partial charge is 0.497 e. The first-order chi connectivity index (χ1) is 13.7. The Morgan fingerprint density at radius 2 is 1.79 bits per heavy atom. The molecule has 3 aromatic carbocycles. The van der Waals surface area contributed by atoms with Gasteiger partial charge in [-0.15, -0.1) is 0 Å². The standard InChI is InChI=1S/C22H19N3O3/c1-27-17-9-10-18(21(13-17)28-2)24-22(26)15-8-11-20-19(12-15)23-14-25(20)16-6-4-3-5-7-16/h3-14H,1-2H3,(H,24,26). The Morgan fingerprint density at radius 1 is 0.964 bits per heavy atom. The normalized spacial score (nSPS) is 10.6. The lowest BCUT2D eigenvalue weighted by Crippen LogP contribution is -2.12. The molecule has 6 heteroatoms. The van der Waals surface area contributed by atoms with Gasteiger partial charge < -0.3 is 14.8 Å². The van der Waals surface area contributed by atoms with Gasteiger partial charge in [0.25, 0.3) is 5.91 Å². The fourth-order valence-electron chi connectivity index (χ4n) is 3.04. The first-order valence-corrected chi connectivity index (χ1v) is 8.75. The molecule has 0 atom stereocenters. The van der Waals surface area contributed by atoms with Crippen molar-refractivity contribution in [2.75, 3.05) is 19.5 Å². The monoisotopic (exact) mass is 373 g/mol. The third kappa shape index (κ3) is 3.27. The van der Waals surface area contributed by atoms with Gasteiger partial charge in [0.15, 0.2) is 0 Å². The zero-order valence-corrected chi connectivity index (χ0v) is 15.5. The van der Waals surface area contributed by atoms with Crippen LogP contribution in [0, 0.1) is 0 Å². The number of fused-ring (bicyclic) bond motifs is 1. The second-order valence-corrected chi connectivity index (χ2v) is 6.17. The van der Waals surface area contributed by atoms with Gasteiger partial charge in [-0.25, -0.2) is 4.98 Å². The van der Waals surface area contributed by atoms with E-state index in [1.165, 1.54) is 0 Å². The number of carbonyl (C=O) groups is 1. The van der Waals surface area contributed by atoms with Crippen LogP contribution < -0.4 is 14.8 Å². The van der Waals surface area contributed by atoms with Crippen LogP contribution in [0.15, 0.2) is 73.1 Å². The predicted octanol–water partition coefficient (Wildman–Crippen LogP) is 4.30. The Bertz CT molecular complexity index is 1140. The highest BCUT2D eigenvalue weighted by atomic mass is 16.5. The summed E-state index contributed by atoms with van der Waals surface area (Å²) in [6.07, 6.45) is 1.76. The average Bonchev–Trinajstić information content (AvgIpc) is 3.18. The zero-order chi connectivity index (χ0) is 19.5. The number of amides is 1. The van der Waals surface area contributed by atoms with Crippen LogP contribution >= 0.6 is 0 Å². The molecule has 0 aliphatic rings. The van der Waals surface area contributed by atoms with Gasteiger partial charge in [0.2, 0.25) is 0 Å². The number of para-hydroxylation sites is 1. The third-order valence-electron chi connectivity index (χ3n) is 4.50. The molecule has 0 saturated carbocycles. The maximum atomic E-state index is 12.7. The van der Waals surface area contributed by atoms with Gasteiger partial charge in [0, 0.05) is 17.3 Å². The van der Waals surface area contributed by atoms with Crippen LogP contribution in [0.4, 0.5) is 5.69 Å². The van der Waals surface area contributed by atoms with Crippen molar-refractivity contribution in [1.29, 1.82) is 0 Å². The minimum absolute atomic E-state index is 0.236. The highest BCUT2D eigenvalue weighted by molar-refractivity contribution is 6.06. The van der Waals surface area contributed by atoms with Crippen molar-refractivity contribution in [3.05, 3.63) is 78.6 Å². The van der Waals surface area contributed by atoms with Gasteiger partial charge in [-0.2, -0.15) is 0 Å². The summed E-state index contributed by atoms with van der Waals surface area (Å²) < 4.78 is 12.5. The highest BCUT2D eigenvalue weighted by Crippen LogP contribution is 2.29. The number of ether oxygens (including phenoxy) is 2. The van der Waals surface area contributed by atoms with Crippen molar-refractivity contribution >= 4 is 22.6 Å². The van der Waals surface area contributed by atoms with E-state index in [0.29, 0.717) is 22.7 Å². The van der Waals surface area contributed by atoms with E-state index in [-0.39, 0.29) is 5.91 Å². The van der Waals surface area contributed by atoms with Crippen molar-refractivity contribution in [2.45, 2.75) is 0 Å². The number of nitrogens with one attached hydrogen (secondary N) is 1. The molecule has 4 rings (SSSR count). The topological polar surface area (TPSA) is 65.4 Å². The predicted molar refractivity (Wildman–Crippen MR) is 109 cm³/mol. The number of aromatic nitrogens is 2. The summed E-state index contributed by atoms with van der Waals surface area (Å²) in [4.78, 5) is 17.2. The summed E-state index contributed by atoms with van der Waals surface area (Å²) in [5.74, 6) is 0.949. The number of rotatable bonds is 5. The molecule has 0 aliphatic carbocycles. The molecule has 28 heavy (non-hydrogen) atoms. The van der Waals surface area contributed by atoms with Gasteiger partial charge in [-0.05, 0) is 42.5 Å². The van der Waals surface area contributed by atoms with E-state index in [0.717, 1.165) is 16.7 Å². The molecule has 1 N–H and O–H groups in total. The van der Waals surface area contributed by atoms with E-state index in [4.69, 9.17) is 9.47 Å². The zero-order valence-electron chi connectivity index (χ0n) is 15.5. The molecular weight excluding hydrogens is 354 g/mol. The Kier molecular flexibility index (Phi) is 4.68. The second kappa shape index (κ2) is 7.44. The second-order valence-electron chi connectivity index (χ2n) is 6.17. The van der Waals surface area contributed by atoms with Crippen LogP contribution in [-0.2, 0) is 0 Å². The number of hydrogen-bond acceptors (Lipinski definition) is 4. The fraction of sp³-hybridized carbons (Fsp3) is 0.0909. The average molecular weight is 373 g/mol. The van der Waals surface area contributed by atoms with Gasteiger partial charge in [-0.1, -0.05) is 18.2 Å². The lowest BCUT2D eigenvalue weighted by atomic mass is 10.1.